The molecule has 1 aliphatic rings. The van der Waals surface area contributed by atoms with E-state index in [2.05, 4.69) is 21.0 Å². The fourth-order valence-electron chi connectivity index (χ4n) is 3.62. The van der Waals surface area contributed by atoms with E-state index in [4.69, 9.17) is 0 Å². The molecule has 3 heterocycles. The molecule has 128 valence electrons. The van der Waals surface area contributed by atoms with Crippen LogP contribution in [0.4, 0.5) is 0 Å². The van der Waals surface area contributed by atoms with Gasteiger partial charge in [0.15, 0.2) is 0 Å². The van der Waals surface area contributed by atoms with Crippen LogP contribution in [0.2, 0.25) is 0 Å². The Morgan fingerprint density at radius 3 is 3.08 bits per heavy atom. The third-order valence-electron chi connectivity index (χ3n) is 4.88. The van der Waals surface area contributed by atoms with Crippen LogP contribution >= 0.6 is 0 Å². The molecule has 3 aromatic rings. The maximum absolute atomic E-state index is 12.6. The molecule has 2 aromatic heterocycles. The maximum atomic E-state index is 12.6. The first-order chi connectivity index (χ1) is 12.2. The van der Waals surface area contributed by atoms with Gasteiger partial charge in [0.05, 0.1) is 17.5 Å². The Labute approximate surface area is 147 Å². The molecule has 1 unspecified atom stereocenters. The lowest BCUT2D eigenvalue weighted by atomic mass is 10.0. The van der Waals surface area contributed by atoms with Crippen molar-refractivity contribution in [3.8, 4) is 0 Å². The summed E-state index contributed by atoms with van der Waals surface area (Å²) >= 11 is 0. The van der Waals surface area contributed by atoms with Crippen LogP contribution in [0, 0.1) is 12.8 Å². The van der Waals surface area contributed by atoms with Crippen LogP contribution in [0.15, 0.2) is 42.6 Å². The van der Waals surface area contributed by atoms with Crippen molar-refractivity contribution in [1.29, 1.82) is 0 Å². The summed E-state index contributed by atoms with van der Waals surface area (Å²) in [5, 5.41) is 0. The Morgan fingerprint density at radius 1 is 1.32 bits per heavy atom. The molecule has 1 N–H and O–H groups in total. The molecule has 0 aliphatic carbocycles. The number of fused-ring (bicyclic) bond motifs is 1. The predicted molar refractivity (Wildman–Crippen MR) is 97.2 cm³/mol. The second-order valence-electron chi connectivity index (χ2n) is 6.87. The molecule has 5 heteroatoms. The minimum absolute atomic E-state index is 0.208. The third-order valence-corrected chi connectivity index (χ3v) is 4.88. The molecule has 1 atom stereocenters. The van der Waals surface area contributed by atoms with Gasteiger partial charge in [-0.15, -0.1) is 0 Å². The number of likely N-dealkylation sites (tertiary alicyclic amines) is 1. The number of nitrogens with one attached hydrogen (secondary N) is 1. The number of imidazole rings is 1. The maximum Gasteiger partial charge on any atom is 0.227 e. The van der Waals surface area contributed by atoms with Crippen molar-refractivity contribution < 1.29 is 4.79 Å². The first-order valence-electron chi connectivity index (χ1n) is 8.80. The van der Waals surface area contributed by atoms with Crippen molar-refractivity contribution in [2.75, 3.05) is 13.1 Å². The Morgan fingerprint density at radius 2 is 2.24 bits per heavy atom. The Kier molecular flexibility index (Phi) is 4.22. The molecule has 5 nitrogen and oxygen atoms in total. The first-order valence-corrected chi connectivity index (χ1v) is 8.80. The number of hydrogen-bond donors (Lipinski definition) is 1. The molecule has 1 fully saturated rings. The molecular formula is C20H22N4O. The highest BCUT2D eigenvalue weighted by Gasteiger charge is 2.26. The molecule has 1 aromatic carbocycles. The monoisotopic (exact) mass is 334 g/mol. The SMILES string of the molecule is Cc1nc2ccc(CC(=O)N3CCC(Cc4ccccn4)C3)cc2[nH]1. The van der Waals surface area contributed by atoms with Gasteiger partial charge < -0.3 is 9.88 Å². The Bertz CT molecular complexity index is 887. The number of carbonyl (C=O) groups is 1. The molecule has 4 rings (SSSR count). The minimum Gasteiger partial charge on any atom is -0.342 e. The van der Waals surface area contributed by atoms with Crippen LogP contribution in [-0.2, 0) is 17.6 Å². The van der Waals surface area contributed by atoms with Crippen LogP contribution < -0.4 is 0 Å². The van der Waals surface area contributed by atoms with Crippen LogP contribution in [-0.4, -0.2) is 38.8 Å². The summed E-state index contributed by atoms with van der Waals surface area (Å²) in [4.78, 5) is 26.7. The van der Waals surface area contributed by atoms with Gasteiger partial charge in [-0.3, -0.25) is 9.78 Å². The molecule has 1 aliphatic heterocycles. The van der Waals surface area contributed by atoms with E-state index in [0.717, 1.165) is 54.0 Å². The van der Waals surface area contributed by atoms with Gasteiger partial charge >= 0.3 is 0 Å². The number of aromatic amines is 1. The highest BCUT2D eigenvalue weighted by atomic mass is 16.2. The number of rotatable bonds is 4. The number of aromatic nitrogens is 3. The number of H-pyrrole nitrogens is 1. The van der Waals surface area contributed by atoms with Crippen LogP contribution in [0.5, 0.6) is 0 Å². The summed E-state index contributed by atoms with van der Waals surface area (Å²) in [6, 6.07) is 12.0. The Balaban J connectivity index is 1.37. The number of nitrogens with zero attached hydrogens (tertiary/aromatic N) is 3. The number of amides is 1. The van der Waals surface area contributed by atoms with Gasteiger partial charge in [0.2, 0.25) is 5.91 Å². The standard InChI is InChI=1S/C20H22N4O/c1-14-22-18-6-5-15(11-19(18)23-14)12-20(25)24-9-7-16(13-24)10-17-4-2-3-8-21-17/h2-6,8,11,16H,7,9-10,12-13H2,1H3,(H,22,23). The quantitative estimate of drug-likeness (QED) is 0.798. The van der Waals surface area contributed by atoms with Crippen molar-refractivity contribution in [2.45, 2.75) is 26.2 Å². The number of pyridine rings is 1. The van der Waals surface area contributed by atoms with Crippen LogP contribution in [0.3, 0.4) is 0 Å². The van der Waals surface area contributed by atoms with Crippen LogP contribution in [0.1, 0.15) is 23.5 Å². The number of hydrogen-bond acceptors (Lipinski definition) is 3. The van der Waals surface area contributed by atoms with Gasteiger partial charge in [-0.25, -0.2) is 4.98 Å². The zero-order valence-corrected chi connectivity index (χ0v) is 14.4. The number of carbonyl (C=O) groups excluding carboxylic acids is 1. The summed E-state index contributed by atoms with van der Waals surface area (Å²) in [7, 11) is 0. The lowest BCUT2D eigenvalue weighted by Crippen LogP contribution is -2.30. The summed E-state index contributed by atoms with van der Waals surface area (Å²) < 4.78 is 0. The predicted octanol–water partition coefficient (Wildman–Crippen LogP) is 2.90. The van der Waals surface area contributed by atoms with Crippen molar-refractivity contribution in [3.05, 3.63) is 59.7 Å². The highest BCUT2D eigenvalue weighted by Crippen LogP contribution is 2.21. The lowest BCUT2D eigenvalue weighted by Gasteiger charge is -2.16. The summed E-state index contributed by atoms with van der Waals surface area (Å²) in [5.41, 5.74) is 4.10. The fourth-order valence-corrected chi connectivity index (χ4v) is 3.62. The van der Waals surface area contributed by atoms with E-state index in [-0.39, 0.29) is 5.91 Å². The molecule has 0 radical (unpaired) electrons. The van der Waals surface area contributed by atoms with Gasteiger partial charge in [-0.1, -0.05) is 12.1 Å². The fraction of sp³-hybridized carbons (Fsp3) is 0.350. The highest BCUT2D eigenvalue weighted by molar-refractivity contribution is 5.82. The normalized spacial score (nSPS) is 17.3. The molecular weight excluding hydrogens is 312 g/mol. The van der Waals surface area contributed by atoms with E-state index in [1.165, 1.54) is 0 Å². The van der Waals surface area contributed by atoms with Gasteiger partial charge in [0, 0.05) is 25.0 Å². The third kappa shape index (κ3) is 3.55. The second kappa shape index (κ2) is 6.67. The van der Waals surface area contributed by atoms with E-state index in [0.29, 0.717) is 12.3 Å². The Hall–Kier alpha value is -2.69. The van der Waals surface area contributed by atoms with Crippen molar-refractivity contribution in [2.24, 2.45) is 5.92 Å². The molecule has 0 bridgehead atoms. The van der Waals surface area contributed by atoms with Crippen molar-refractivity contribution in [1.82, 2.24) is 19.9 Å². The van der Waals surface area contributed by atoms with Gasteiger partial charge in [0.25, 0.3) is 0 Å². The topological polar surface area (TPSA) is 61.9 Å². The van der Waals surface area contributed by atoms with E-state index < -0.39 is 0 Å². The summed E-state index contributed by atoms with van der Waals surface area (Å²) in [6.07, 6.45) is 4.29. The van der Waals surface area contributed by atoms with Crippen molar-refractivity contribution >= 4 is 16.9 Å². The first kappa shape index (κ1) is 15.8. The number of benzene rings is 1. The summed E-state index contributed by atoms with van der Waals surface area (Å²) in [5.74, 6) is 1.62. The summed E-state index contributed by atoms with van der Waals surface area (Å²) in [6.45, 7) is 3.62. The van der Waals surface area contributed by atoms with Gasteiger partial charge in [0.1, 0.15) is 5.82 Å². The van der Waals surface area contributed by atoms with E-state index in [1.54, 1.807) is 0 Å². The van der Waals surface area contributed by atoms with Gasteiger partial charge in [-0.05, 0) is 55.5 Å². The zero-order valence-electron chi connectivity index (χ0n) is 14.4. The van der Waals surface area contributed by atoms with E-state index in [9.17, 15) is 4.79 Å². The molecule has 0 saturated carbocycles. The lowest BCUT2D eigenvalue weighted by molar-refractivity contribution is -0.129. The molecule has 1 saturated heterocycles. The van der Waals surface area contributed by atoms with Gasteiger partial charge in [-0.2, -0.15) is 0 Å². The second-order valence-corrected chi connectivity index (χ2v) is 6.87. The van der Waals surface area contributed by atoms with E-state index >= 15 is 0 Å². The van der Waals surface area contributed by atoms with Crippen LogP contribution in [0.25, 0.3) is 11.0 Å². The molecule has 0 spiro atoms. The number of aryl methyl sites for hydroxylation is 1. The van der Waals surface area contributed by atoms with E-state index in [1.807, 2.05) is 48.4 Å². The molecule has 25 heavy (non-hydrogen) atoms. The van der Waals surface area contributed by atoms with Crippen molar-refractivity contribution in [3.63, 3.8) is 0 Å². The molecule has 1 amide bonds. The largest absolute Gasteiger partial charge is 0.342 e. The minimum atomic E-state index is 0.208. The average molecular weight is 334 g/mol. The zero-order chi connectivity index (χ0) is 17.2. The smallest absolute Gasteiger partial charge is 0.227 e. The average Bonchev–Trinajstić information content (AvgIpc) is 3.21.